The SMILES string of the molecule is C[NH+]=CC(Nc1nc(Nc2cc(C)c(C3CCC(NC(C)C)CC3)cc2OC2CC2)ncc1Cl)=C(N)S(=O)(=O)CC(C)C. The standard InChI is InChI=1S/C31H46ClN7O3S/c1-18(2)17-43(40,41)29(33)27(16-34-6)37-30-25(32)15-35-31(39-30)38-26-13-20(5)24(14-28(26)42-23-11-12-23)21-7-9-22(10-8-21)36-19(3)4/h13-16,18-19,21-23,36H,7-12,17,33H2,1-6H3,(H2,35,37,38,39)/p+1. The van der Waals surface area contributed by atoms with E-state index in [1.165, 1.54) is 36.4 Å². The molecule has 10 nitrogen and oxygen atoms in total. The predicted octanol–water partition coefficient (Wildman–Crippen LogP) is 4.14. The zero-order valence-corrected chi connectivity index (χ0v) is 27.7. The smallest absolute Gasteiger partial charge is 0.229 e. The van der Waals surface area contributed by atoms with Crippen LogP contribution in [0.4, 0.5) is 17.5 Å². The van der Waals surface area contributed by atoms with Crippen LogP contribution in [0.2, 0.25) is 5.02 Å². The van der Waals surface area contributed by atoms with Crippen LogP contribution >= 0.6 is 11.6 Å². The molecule has 0 saturated heterocycles. The number of nitrogens with two attached hydrogens (primary N) is 1. The summed E-state index contributed by atoms with van der Waals surface area (Å²) in [5, 5.41) is 9.92. The van der Waals surface area contributed by atoms with Crippen molar-refractivity contribution >= 4 is 45.1 Å². The summed E-state index contributed by atoms with van der Waals surface area (Å²) in [6.45, 7) is 10.2. The van der Waals surface area contributed by atoms with E-state index in [9.17, 15) is 8.42 Å². The van der Waals surface area contributed by atoms with E-state index < -0.39 is 9.84 Å². The molecule has 6 N–H and O–H groups in total. The molecule has 2 fully saturated rings. The molecule has 236 valence electrons. The van der Waals surface area contributed by atoms with Crippen LogP contribution in [-0.2, 0) is 9.84 Å². The number of hydrogen-bond acceptors (Lipinski definition) is 9. The zero-order chi connectivity index (χ0) is 31.3. The van der Waals surface area contributed by atoms with E-state index in [0.29, 0.717) is 18.0 Å². The van der Waals surface area contributed by atoms with E-state index in [0.717, 1.165) is 37.1 Å². The molecule has 4 rings (SSSR count). The number of sulfone groups is 1. The third-order valence-corrected chi connectivity index (χ3v) is 9.88. The Hall–Kier alpha value is -2.89. The number of allylic oxidation sites excluding steroid dienone is 1. The van der Waals surface area contributed by atoms with Crippen molar-refractivity contribution in [1.29, 1.82) is 0 Å². The highest BCUT2D eigenvalue weighted by Gasteiger charge is 2.28. The van der Waals surface area contributed by atoms with Gasteiger partial charge in [0.05, 0.1) is 23.7 Å². The number of aryl methyl sites for hydroxylation is 1. The van der Waals surface area contributed by atoms with Crippen molar-refractivity contribution in [2.45, 2.75) is 97.2 Å². The summed E-state index contributed by atoms with van der Waals surface area (Å²) >= 11 is 6.43. The lowest BCUT2D eigenvalue weighted by atomic mass is 9.80. The van der Waals surface area contributed by atoms with E-state index in [4.69, 9.17) is 22.1 Å². The highest BCUT2D eigenvalue weighted by Crippen LogP contribution is 2.41. The molecule has 0 bridgehead atoms. The average Bonchev–Trinajstić information content (AvgIpc) is 3.75. The lowest BCUT2D eigenvalue weighted by Gasteiger charge is -2.32. The fourth-order valence-electron chi connectivity index (χ4n) is 5.52. The van der Waals surface area contributed by atoms with Crippen molar-refractivity contribution in [2.75, 3.05) is 23.4 Å². The minimum Gasteiger partial charge on any atom is -0.488 e. The maximum atomic E-state index is 12.8. The van der Waals surface area contributed by atoms with Gasteiger partial charge in [-0.25, -0.2) is 18.4 Å². The first-order valence-electron chi connectivity index (χ1n) is 15.2. The Balaban J connectivity index is 1.59. The molecule has 0 amide bonds. The summed E-state index contributed by atoms with van der Waals surface area (Å²) in [4.78, 5) is 11.8. The molecule has 2 aromatic rings. The molecule has 2 aliphatic carbocycles. The van der Waals surface area contributed by atoms with Gasteiger partial charge in [0.1, 0.15) is 23.5 Å². The lowest BCUT2D eigenvalue weighted by molar-refractivity contribution is -0.413. The summed E-state index contributed by atoms with van der Waals surface area (Å²) in [5.74, 6) is 1.61. The minimum absolute atomic E-state index is 0.0821. The van der Waals surface area contributed by atoms with E-state index in [1.807, 2.05) is 13.8 Å². The first-order chi connectivity index (χ1) is 20.4. The quantitative estimate of drug-likeness (QED) is 0.206. The monoisotopic (exact) mass is 632 g/mol. The fraction of sp³-hybridized carbons (Fsp3) is 0.581. The number of aromatic nitrogens is 2. The highest BCUT2D eigenvalue weighted by atomic mass is 35.5. The van der Waals surface area contributed by atoms with Gasteiger partial charge in [-0.2, -0.15) is 4.98 Å². The van der Waals surface area contributed by atoms with E-state index in [2.05, 4.69) is 63.8 Å². The van der Waals surface area contributed by atoms with Gasteiger partial charge >= 0.3 is 0 Å². The zero-order valence-electron chi connectivity index (χ0n) is 26.1. The fourth-order valence-corrected chi connectivity index (χ4v) is 7.16. The van der Waals surface area contributed by atoms with Gasteiger partial charge in [0.15, 0.2) is 26.9 Å². The van der Waals surface area contributed by atoms with Crippen LogP contribution in [0.3, 0.4) is 0 Å². The first-order valence-corrected chi connectivity index (χ1v) is 17.3. The van der Waals surface area contributed by atoms with Crippen molar-refractivity contribution in [2.24, 2.45) is 11.7 Å². The number of nitrogens with zero attached hydrogens (tertiary/aromatic N) is 2. The van der Waals surface area contributed by atoms with Gasteiger partial charge in [0.2, 0.25) is 5.95 Å². The Kier molecular flexibility index (Phi) is 10.9. The number of benzene rings is 1. The largest absolute Gasteiger partial charge is 0.488 e. The summed E-state index contributed by atoms with van der Waals surface area (Å²) in [7, 11) is -2.06. The molecule has 0 atom stereocenters. The van der Waals surface area contributed by atoms with Crippen molar-refractivity contribution in [1.82, 2.24) is 15.3 Å². The van der Waals surface area contributed by atoms with E-state index in [-0.39, 0.29) is 45.3 Å². The highest BCUT2D eigenvalue weighted by molar-refractivity contribution is 7.95. The molecule has 2 saturated carbocycles. The number of anilines is 3. The van der Waals surface area contributed by atoms with Gasteiger partial charge in [-0.05, 0) is 80.5 Å². The van der Waals surface area contributed by atoms with Gasteiger partial charge in [-0.3, -0.25) is 0 Å². The van der Waals surface area contributed by atoms with Gasteiger partial charge in [-0.15, -0.1) is 0 Å². The summed E-state index contributed by atoms with van der Waals surface area (Å²) in [5.41, 5.74) is 9.56. The number of hydrogen-bond donors (Lipinski definition) is 5. The topological polar surface area (TPSA) is 145 Å². The number of ether oxygens (including phenoxy) is 1. The summed E-state index contributed by atoms with van der Waals surface area (Å²) < 4.78 is 32.0. The van der Waals surface area contributed by atoms with Crippen molar-refractivity contribution in [3.05, 3.63) is 45.2 Å². The number of halogens is 1. The molecule has 0 spiro atoms. The van der Waals surface area contributed by atoms with Crippen molar-refractivity contribution in [3.63, 3.8) is 0 Å². The van der Waals surface area contributed by atoms with Crippen LogP contribution in [0, 0.1) is 12.8 Å². The van der Waals surface area contributed by atoms with Crippen LogP contribution in [-0.4, -0.2) is 55.6 Å². The molecule has 1 aromatic carbocycles. The summed E-state index contributed by atoms with van der Waals surface area (Å²) in [6, 6.07) is 5.37. The Morgan fingerprint density at radius 3 is 2.47 bits per heavy atom. The van der Waals surface area contributed by atoms with Gasteiger partial charge in [0.25, 0.3) is 0 Å². The summed E-state index contributed by atoms with van der Waals surface area (Å²) in [6.07, 6.45) is 9.84. The van der Waals surface area contributed by atoms with E-state index >= 15 is 0 Å². The molecule has 12 heteroatoms. The maximum absolute atomic E-state index is 12.8. The second kappa shape index (κ2) is 14.3. The maximum Gasteiger partial charge on any atom is 0.229 e. The molecule has 0 radical (unpaired) electrons. The molecule has 1 aromatic heterocycles. The first kappa shape index (κ1) is 33.0. The normalized spacial score (nSPS) is 20.0. The van der Waals surface area contributed by atoms with Crippen LogP contribution in [0.1, 0.15) is 83.3 Å². The Bertz CT molecular complexity index is 1450. The Labute approximate surface area is 261 Å². The molecule has 1 heterocycles. The third kappa shape index (κ3) is 9.06. The van der Waals surface area contributed by atoms with Gasteiger partial charge in [0, 0.05) is 12.1 Å². The van der Waals surface area contributed by atoms with Crippen molar-refractivity contribution < 1.29 is 18.1 Å². The Morgan fingerprint density at radius 1 is 1.16 bits per heavy atom. The molecule has 0 aliphatic heterocycles. The lowest BCUT2D eigenvalue weighted by Crippen LogP contribution is -2.63. The molecule has 0 unspecified atom stereocenters. The van der Waals surface area contributed by atoms with Crippen LogP contribution in [0.25, 0.3) is 0 Å². The van der Waals surface area contributed by atoms with E-state index in [1.54, 1.807) is 7.05 Å². The predicted molar refractivity (Wildman–Crippen MR) is 175 cm³/mol. The molecule has 2 aliphatic rings. The van der Waals surface area contributed by atoms with Gasteiger partial charge in [-0.1, -0.05) is 39.3 Å². The molecular formula is C31H47ClN7O3S+. The third-order valence-electron chi connectivity index (χ3n) is 7.61. The van der Waals surface area contributed by atoms with Crippen molar-refractivity contribution in [3.8, 4) is 5.75 Å². The van der Waals surface area contributed by atoms with Crippen LogP contribution in [0.15, 0.2) is 29.1 Å². The molecular weight excluding hydrogens is 586 g/mol. The number of nitrogens with one attached hydrogen (secondary N) is 4. The number of rotatable bonds is 13. The average molecular weight is 633 g/mol. The molecule has 43 heavy (non-hydrogen) atoms. The second-order valence-corrected chi connectivity index (χ2v) is 14.8. The van der Waals surface area contributed by atoms with Gasteiger partial charge < -0.3 is 26.4 Å². The van der Waals surface area contributed by atoms with Crippen LogP contribution < -0.4 is 31.4 Å². The Morgan fingerprint density at radius 2 is 1.86 bits per heavy atom. The second-order valence-electron chi connectivity index (χ2n) is 12.4. The minimum atomic E-state index is -3.71. The van der Waals surface area contributed by atoms with Crippen LogP contribution in [0.5, 0.6) is 5.75 Å².